The summed E-state index contributed by atoms with van der Waals surface area (Å²) in [5.41, 5.74) is 1.62. The van der Waals surface area contributed by atoms with Gasteiger partial charge in [0.25, 0.3) is 5.91 Å². The minimum absolute atomic E-state index is 0.0740. The van der Waals surface area contributed by atoms with Crippen LogP contribution in [0.3, 0.4) is 0 Å². The van der Waals surface area contributed by atoms with Crippen LogP contribution in [-0.2, 0) is 25.5 Å². The smallest absolute Gasteiger partial charge is 0.344 e. The van der Waals surface area contributed by atoms with Gasteiger partial charge >= 0.3 is 11.9 Å². The van der Waals surface area contributed by atoms with Gasteiger partial charge in [-0.15, -0.1) is 11.3 Å². The first-order chi connectivity index (χ1) is 14.8. The van der Waals surface area contributed by atoms with Gasteiger partial charge in [-0.2, -0.15) is 0 Å². The molecule has 1 aromatic heterocycles. The Labute approximate surface area is 184 Å². The predicted octanol–water partition coefficient (Wildman–Crippen LogP) is 3.56. The minimum atomic E-state index is -0.729. The lowest BCUT2D eigenvalue weighted by Crippen LogP contribution is -2.24. The Morgan fingerprint density at radius 3 is 2.26 bits per heavy atom. The molecular formula is C22H25NO7S. The molecule has 0 spiro atoms. The fraction of sp³-hybridized carbons (Fsp3) is 0.364. The molecule has 1 aromatic carbocycles. The molecule has 0 saturated heterocycles. The predicted molar refractivity (Wildman–Crippen MR) is 116 cm³/mol. The number of nitrogens with one attached hydrogen (secondary N) is 1. The Morgan fingerprint density at radius 1 is 1.00 bits per heavy atom. The Hall–Kier alpha value is -3.20. The third kappa shape index (κ3) is 6.65. The molecule has 1 N–H and O–H groups in total. The number of hydrogen-bond acceptors (Lipinski definition) is 8. The summed E-state index contributed by atoms with van der Waals surface area (Å²) in [6.07, 6.45) is 0.707. The van der Waals surface area contributed by atoms with Crippen LogP contribution in [0.2, 0.25) is 0 Å². The highest BCUT2D eigenvalue weighted by Gasteiger charge is 2.23. The second-order valence-corrected chi connectivity index (χ2v) is 7.61. The number of amides is 1. The van der Waals surface area contributed by atoms with E-state index < -0.39 is 31.1 Å². The minimum Gasteiger partial charge on any atom is -0.482 e. The number of ether oxygens (including phenoxy) is 3. The first-order valence-corrected chi connectivity index (χ1v) is 10.6. The summed E-state index contributed by atoms with van der Waals surface area (Å²) >= 11 is 1.29. The van der Waals surface area contributed by atoms with Crippen LogP contribution in [0.1, 0.15) is 51.9 Å². The van der Waals surface area contributed by atoms with Crippen molar-refractivity contribution in [2.24, 2.45) is 0 Å². The molecule has 2 aromatic rings. The van der Waals surface area contributed by atoms with E-state index in [1.165, 1.54) is 18.3 Å². The molecule has 1 heterocycles. The molecular weight excluding hydrogens is 422 g/mol. The van der Waals surface area contributed by atoms with Gasteiger partial charge in [0.05, 0.1) is 12.2 Å². The van der Waals surface area contributed by atoms with E-state index in [0.29, 0.717) is 28.3 Å². The molecule has 0 aliphatic rings. The number of aryl methyl sites for hydroxylation is 1. The summed E-state index contributed by atoms with van der Waals surface area (Å²) in [6.45, 7) is 6.22. The van der Waals surface area contributed by atoms with Crippen LogP contribution in [0, 0.1) is 6.92 Å². The van der Waals surface area contributed by atoms with Gasteiger partial charge in [0.2, 0.25) is 0 Å². The molecule has 0 aliphatic heterocycles. The normalized spacial score (nSPS) is 10.3. The number of Topliss-reactive ketones (excluding diaryl/α,β-unsaturated/α-hetero) is 1. The monoisotopic (exact) mass is 447 g/mol. The van der Waals surface area contributed by atoms with E-state index in [1.807, 2.05) is 6.92 Å². The van der Waals surface area contributed by atoms with Crippen molar-refractivity contribution in [2.75, 3.05) is 25.1 Å². The molecule has 0 atom stereocenters. The van der Waals surface area contributed by atoms with Gasteiger partial charge in [0.15, 0.2) is 19.0 Å². The van der Waals surface area contributed by atoms with Gasteiger partial charge in [-0.05, 0) is 57.0 Å². The fourth-order valence-corrected chi connectivity index (χ4v) is 3.86. The van der Waals surface area contributed by atoms with Crippen LogP contribution in [0.15, 0.2) is 24.3 Å². The molecule has 0 fully saturated rings. The topological polar surface area (TPSA) is 108 Å². The highest BCUT2D eigenvalue weighted by molar-refractivity contribution is 7.17. The van der Waals surface area contributed by atoms with Crippen molar-refractivity contribution >= 4 is 40.0 Å². The average molecular weight is 448 g/mol. The maximum Gasteiger partial charge on any atom is 0.344 e. The van der Waals surface area contributed by atoms with Crippen molar-refractivity contribution in [2.45, 2.75) is 34.1 Å². The van der Waals surface area contributed by atoms with E-state index in [4.69, 9.17) is 14.2 Å². The molecule has 31 heavy (non-hydrogen) atoms. The van der Waals surface area contributed by atoms with Crippen LogP contribution in [0.5, 0.6) is 5.75 Å². The molecule has 2 rings (SSSR count). The number of carbonyl (C=O) groups excluding carboxylic acids is 4. The second kappa shape index (κ2) is 11.3. The quantitative estimate of drug-likeness (QED) is 0.438. The zero-order valence-electron chi connectivity index (χ0n) is 17.9. The highest BCUT2D eigenvalue weighted by Crippen LogP contribution is 2.34. The largest absolute Gasteiger partial charge is 0.482 e. The molecule has 0 saturated carbocycles. The Kier molecular flexibility index (Phi) is 8.75. The van der Waals surface area contributed by atoms with Crippen molar-refractivity contribution in [3.63, 3.8) is 0 Å². The van der Waals surface area contributed by atoms with Gasteiger partial charge in [0, 0.05) is 10.4 Å². The van der Waals surface area contributed by atoms with E-state index in [9.17, 15) is 19.2 Å². The summed E-state index contributed by atoms with van der Waals surface area (Å²) in [5.74, 6) is -1.49. The lowest BCUT2D eigenvalue weighted by Gasteiger charge is -2.09. The van der Waals surface area contributed by atoms with Crippen molar-refractivity contribution in [3.8, 4) is 5.75 Å². The van der Waals surface area contributed by atoms with Crippen LogP contribution in [-0.4, -0.2) is 43.4 Å². The lowest BCUT2D eigenvalue weighted by molar-refractivity contribution is -0.149. The maximum atomic E-state index is 12.3. The lowest BCUT2D eigenvalue weighted by atomic mass is 10.1. The van der Waals surface area contributed by atoms with Crippen molar-refractivity contribution in [3.05, 3.63) is 45.8 Å². The Bertz CT molecular complexity index is 963. The van der Waals surface area contributed by atoms with E-state index in [1.54, 1.807) is 38.1 Å². The number of anilines is 1. The van der Waals surface area contributed by atoms with Gasteiger partial charge in [-0.3, -0.25) is 9.59 Å². The summed E-state index contributed by atoms with van der Waals surface area (Å²) in [4.78, 5) is 48.6. The molecule has 166 valence electrons. The Morgan fingerprint density at radius 2 is 1.68 bits per heavy atom. The van der Waals surface area contributed by atoms with Gasteiger partial charge in [0.1, 0.15) is 10.8 Å². The molecule has 0 unspecified atom stereocenters. The van der Waals surface area contributed by atoms with E-state index >= 15 is 0 Å². The number of rotatable bonds is 10. The standard InChI is InChI=1S/C22H25NO7S/c1-5-17-13(3)20(22(27)28-6-2)21(31-17)23-18(25)11-30-19(26)12-29-16-9-7-15(8-10-16)14(4)24/h7-10H,5-6,11-12H2,1-4H3,(H,23,25). The highest BCUT2D eigenvalue weighted by atomic mass is 32.1. The van der Waals surface area contributed by atoms with Gasteiger partial charge in [-0.25, -0.2) is 9.59 Å². The van der Waals surface area contributed by atoms with Crippen molar-refractivity contribution < 1.29 is 33.4 Å². The van der Waals surface area contributed by atoms with Gasteiger partial charge < -0.3 is 19.5 Å². The molecule has 8 nitrogen and oxygen atoms in total. The van der Waals surface area contributed by atoms with Crippen LogP contribution >= 0.6 is 11.3 Å². The fourth-order valence-electron chi connectivity index (χ4n) is 2.71. The average Bonchev–Trinajstić information content (AvgIpc) is 3.06. The molecule has 0 aliphatic carbocycles. The summed E-state index contributed by atoms with van der Waals surface area (Å²) < 4.78 is 15.3. The SMILES string of the molecule is CCOC(=O)c1c(NC(=O)COC(=O)COc2ccc(C(C)=O)cc2)sc(CC)c1C. The number of ketones is 1. The first kappa shape index (κ1) is 24.1. The van der Waals surface area contributed by atoms with E-state index in [2.05, 4.69) is 5.32 Å². The number of thiophene rings is 1. The number of hydrogen-bond donors (Lipinski definition) is 1. The number of carbonyl (C=O) groups is 4. The number of esters is 2. The first-order valence-electron chi connectivity index (χ1n) is 9.75. The van der Waals surface area contributed by atoms with Crippen LogP contribution in [0.25, 0.3) is 0 Å². The van der Waals surface area contributed by atoms with Crippen molar-refractivity contribution in [1.82, 2.24) is 0 Å². The molecule has 0 bridgehead atoms. The molecule has 9 heteroatoms. The maximum absolute atomic E-state index is 12.3. The third-order valence-electron chi connectivity index (χ3n) is 4.28. The second-order valence-electron chi connectivity index (χ2n) is 6.51. The zero-order valence-corrected chi connectivity index (χ0v) is 18.7. The molecule has 0 radical (unpaired) electrons. The number of benzene rings is 1. The van der Waals surface area contributed by atoms with E-state index in [0.717, 1.165) is 10.4 Å². The summed E-state index contributed by atoms with van der Waals surface area (Å²) in [6, 6.07) is 6.31. The third-order valence-corrected chi connectivity index (χ3v) is 5.63. The zero-order chi connectivity index (χ0) is 23.0. The van der Waals surface area contributed by atoms with Gasteiger partial charge in [-0.1, -0.05) is 6.92 Å². The van der Waals surface area contributed by atoms with Crippen LogP contribution in [0.4, 0.5) is 5.00 Å². The summed E-state index contributed by atoms with van der Waals surface area (Å²) in [7, 11) is 0. The van der Waals surface area contributed by atoms with Crippen LogP contribution < -0.4 is 10.1 Å². The molecule has 1 amide bonds. The van der Waals surface area contributed by atoms with Crippen molar-refractivity contribution in [1.29, 1.82) is 0 Å². The Balaban J connectivity index is 1.89. The summed E-state index contributed by atoms with van der Waals surface area (Å²) in [5, 5.41) is 2.99. The van der Waals surface area contributed by atoms with E-state index in [-0.39, 0.29) is 12.4 Å².